The van der Waals surface area contributed by atoms with Crippen molar-refractivity contribution in [2.24, 2.45) is 11.7 Å². The summed E-state index contributed by atoms with van der Waals surface area (Å²) in [5.41, 5.74) is 7.39. The van der Waals surface area contributed by atoms with Crippen molar-refractivity contribution in [3.8, 4) is 0 Å². The number of carbonyl (C=O) groups is 1. The molecule has 1 aliphatic rings. The number of benzene rings is 1. The highest BCUT2D eigenvalue weighted by molar-refractivity contribution is 6.31. The third kappa shape index (κ3) is 3.51. The second kappa shape index (κ2) is 6.57. The predicted molar refractivity (Wildman–Crippen MR) is 83.0 cm³/mol. The van der Waals surface area contributed by atoms with Crippen molar-refractivity contribution in [2.45, 2.75) is 26.3 Å². The van der Waals surface area contributed by atoms with E-state index in [1.54, 1.807) is 0 Å². The lowest BCUT2D eigenvalue weighted by Crippen LogP contribution is -2.36. The van der Waals surface area contributed by atoms with Crippen LogP contribution >= 0.6 is 11.6 Å². The van der Waals surface area contributed by atoms with Crippen LogP contribution < -0.4 is 11.1 Å². The maximum atomic E-state index is 12.1. The fourth-order valence-corrected chi connectivity index (χ4v) is 2.90. The molecule has 1 aromatic carbocycles. The molecule has 1 heterocycles. The Morgan fingerprint density at radius 1 is 1.55 bits per heavy atom. The summed E-state index contributed by atoms with van der Waals surface area (Å²) >= 11 is 6.05. The lowest BCUT2D eigenvalue weighted by atomic mass is 10.1. The average molecular weight is 296 g/mol. The fourth-order valence-electron chi connectivity index (χ4n) is 2.73. The summed E-state index contributed by atoms with van der Waals surface area (Å²) in [7, 11) is 0. The maximum Gasteiger partial charge on any atom is 0.238 e. The Labute approximate surface area is 125 Å². The Bertz CT molecular complexity index is 492. The van der Waals surface area contributed by atoms with Crippen LogP contribution in [-0.4, -0.2) is 36.5 Å². The fraction of sp³-hybridized carbons (Fsp3) is 0.533. The van der Waals surface area contributed by atoms with Gasteiger partial charge in [0.2, 0.25) is 5.91 Å². The van der Waals surface area contributed by atoms with Crippen LogP contribution in [0.5, 0.6) is 0 Å². The molecule has 0 aliphatic carbocycles. The van der Waals surface area contributed by atoms with Crippen molar-refractivity contribution in [3.63, 3.8) is 0 Å². The third-order valence-corrected chi connectivity index (χ3v) is 4.42. The molecule has 2 rings (SSSR count). The number of hydrogen-bond donors (Lipinski definition) is 2. The topological polar surface area (TPSA) is 58.4 Å². The smallest absolute Gasteiger partial charge is 0.238 e. The van der Waals surface area contributed by atoms with Crippen LogP contribution in [-0.2, 0) is 4.79 Å². The van der Waals surface area contributed by atoms with Gasteiger partial charge in [-0.15, -0.1) is 0 Å². The second-order valence-corrected chi connectivity index (χ2v) is 5.98. The van der Waals surface area contributed by atoms with Crippen molar-refractivity contribution in [1.82, 2.24) is 4.90 Å². The minimum absolute atomic E-state index is 0.000104. The molecule has 2 atom stereocenters. The summed E-state index contributed by atoms with van der Waals surface area (Å²) < 4.78 is 0. The maximum absolute atomic E-state index is 12.1. The Morgan fingerprint density at radius 3 is 2.95 bits per heavy atom. The first-order valence-corrected chi connectivity index (χ1v) is 7.38. The van der Waals surface area contributed by atoms with Crippen LogP contribution in [0.25, 0.3) is 0 Å². The van der Waals surface area contributed by atoms with Crippen molar-refractivity contribution in [1.29, 1.82) is 0 Å². The molecule has 1 aromatic rings. The molecule has 20 heavy (non-hydrogen) atoms. The van der Waals surface area contributed by atoms with Crippen molar-refractivity contribution in [2.75, 3.05) is 25.0 Å². The summed E-state index contributed by atoms with van der Waals surface area (Å²) in [6, 6.07) is 5.94. The van der Waals surface area contributed by atoms with Crippen LogP contribution in [0.4, 0.5) is 5.69 Å². The number of anilines is 1. The minimum Gasteiger partial charge on any atom is -0.330 e. The van der Waals surface area contributed by atoms with E-state index >= 15 is 0 Å². The van der Waals surface area contributed by atoms with Gasteiger partial charge in [-0.05, 0) is 50.4 Å². The zero-order chi connectivity index (χ0) is 14.7. The van der Waals surface area contributed by atoms with E-state index in [2.05, 4.69) is 17.1 Å². The van der Waals surface area contributed by atoms with E-state index in [1.807, 2.05) is 25.1 Å². The zero-order valence-corrected chi connectivity index (χ0v) is 12.8. The second-order valence-electron chi connectivity index (χ2n) is 5.58. The summed E-state index contributed by atoms with van der Waals surface area (Å²) in [6.07, 6.45) is 1.07. The lowest BCUT2D eigenvalue weighted by Gasteiger charge is -2.20. The van der Waals surface area contributed by atoms with Crippen LogP contribution in [0.3, 0.4) is 0 Å². The highest BCUT2D eigenvalue weighted by atomic mass is 35.5. The van der Waals surface area contributed by atoms with Gasteiger partial charge in [0.05, 0.1) is 6.54 Å². The summed E-state index contributed by atoms with van der Waals surface area (Å²) in [6.45, 7) is 6.05. The highest BCUT2D eigenvalue weighted by Gasteiger charge is 2.29. The number of nitrogens with zero attached hydrogens (tertiary/aromatic N) is 1. The molecule has 0 saturated carbocycles. The van der Waals surface area contributed by atoms with E-state index in [-0.39, 0.29) is 5.91 Å². The van der Waals surface area contributed by atoms with E-state index in [1.165, 1.54) is 0 Å². The molecule has 0 spiro atoms. The number of likely N-dealkylation sites (tertiary alicyclic amines) is 1. The number of hydrogen-bond acceptors (Lipinski definition) is 3. The molecule has 1 amide bonds. The van der Waals surface area contributed by atoms with Gasteiger partial charge in [0.15, 0.2) is 0 Å². The zero-order valence-electron chi connectivity index (χ0n) is 12.0. The number of halogens is 1. The minimum atomic E-state index is -0.000104. The molecule has 2 unspecified atom stereocenters. The molecule has 0 bridgehead atoms. The highest BCUT2D eigenvalue weighted by Crippen LogP contribution is 2.24. The summed E-state index contributed by atoms with van der Waals surface area (Å²) in [4.78, 5) is 14.3. The summed E-state index contributed by atoms with van der Waals surface area (Å²) in [5, 5.41) is 3.60. The first kappa shape index (κ1) is 15.3. The molecule has 0 radical (unpaired) electrons. The predicted octanol–water partition coefficient (Wildman–Crippen LogP) is 2.26. The van der Waals surface area contributed by atoms with Crippen LogP contribution in [0.2, 0.25) is 5.02 Å². The molecule has 3 N–H and O–H groups in total. The largest absolute Gasteiger partial charge is 0.330 e. The van der Waals surface area contributed by atoms with E-state index in [4.69, 9.17) is 17.3 Å². The molecule has 1 fully saturated rings. The standard InChI is InChI=1S/C15H22ClN3O/c1-10-6-12(7-17)8-19(10)9-15(20)18-14-5-3-4-13(16)11(14)2/h3-5,10,12H,6-9,17H2,1-2H3,(H,18,20). The Kier molecular flexibility index (Phi) is 5.02. The molecule has 1 saturated heterocycles. The van der Waals surface area contributed by atoms with Gasteiger partial charge in [-0.3, -0.25) is 9.69 Å². The van der Waals surface area contributed by atoms with Crippen molar-refractivity contribution in [3.05, 3.63) is 28.8 Å². The quantitative estimate of drug-likeness (QED) is 0.896. The van der Waals surface area contributed by atoms with Crippen LogP contribution in [0.15, 0.2) is 18.2 Å². The van der Waals surface area contributed by atoms with Crippen molar-refractivity contribution >= 4 is 23.2 Å². The Morgan fingerprint density at radius 2 is 2.30 bits per heavy atom. The normalized spacial score (nSPS) is 23.0. The van der Waals surface area contributed by atoms with E-state index < -0.39 is 0 Å². The van der Waals surface area contributed by atoms with Gasteiger partial charge in [-0.2, -0.15) is 0 Å². The van der Waals surface area contributed by atoms with Gasteiger partial charge in [0.1, 0.15) is 0 Å². The van der Waals surface area contributed by atoms with Gasteiger partial charge < -0.3 is 11.1 Å². The Hall–Kier alpha value is -1.10. The molecule has 110 valence electrons. The first-order valence-electron chi connectivity index (χ1n) is 7.00. The summed E-state index contributed by atoms with van der Waals surface area (Å²) in [5.74, 6) is 0.505. The van der Waals surface area contributed by atoms with Gasteiger partial charge in [0.25, 0.3) is 0 Å². The van der Waals surface area contributed by atoms with E-state index in [0.717, 1.165) is 24.2 Å². The van der Waals surface area contributed by atoms with E-state index in [9.17, 15) is 4.79 Å². The molecule has 1 aliphatic heterocycles. The third-order valence-electron chi connectivity index (χ3n) is 4.01. The molecule has 5 heteroatoms. The molecule has 0 aromatic heterocycles. The number of nitrogens with one attached hydrogen (secondary N) is 1. The monoisotopic (exact) mass is 295 g/mol. The number of amides is 1. The average Bonchev–Trinajstić information content (AvgIpc) is 2.76. The number of rotatable bonds is 4. The van der Waals surface area contributed by atoms with Crippen molar-refractivity contribution < 1.29 is 4.79 Å². The molecule has 4 nitrogen and oxygen atoms in total. The van der Waals surface area contributed by atoms with E-state index in [0.29, 0.717) is 30.1 Å². The van der Waals surface area contributed by atoms with Gasteiger partial charge in [-0.1, -0.05) is 17.7 Å². The number of nitrogens with two attached hydrogens (primary N) is 1. The van der Waals surface area contributed by atoms with Crippen LogP contribution in [0, 0.1) is 12.8 Å². The van der Waals surface area contributed by atoms with Gasteiger partial charge in [-0.25, -0.2) is 0 Å². The first-order chi connectivity index (χ1) is 9.51. The SMILES string of the molecule is Cc1c(Cl)cccc1NC(=O)CN1CC(CN)CC1C. The van der Waals surface area contributed by atoms with Crippen LogP contribution in [0.1, 0.15) is 18.9 Å². The van der Waals surface area contributed by atoms with Gasteiger partial charge in [0, 0.05) is 23.3 Å². The van der Waals surface area contributed by atoms with Gasteiger partial charge >= 0.3 is 0 Å². The molecular formula is C15H22ClN3O. The Balaban J connectivity index is 1.94. The molecular weight excluding hydrogens is 274 g/mol. The lowest BCUT2D eigenvalue weighted by molar-refractivity contribution is -0.117. The number of carbonyl (C=O) groups excluding carboxylic acids is 1.